The third-order valence-corrected chi connectivity index (χ3v) is 3.65. The van der Waals surface area contributed by atoms with Crippen LogP contribution in [0.25, 0.3) is 0 Å². The number of carboxylic acid groups (broad SMARTS) is 1. The van der Waals surface area contributed by atoms with Crippen molar-refractivity contribution in [3.05, 3.63) is 0 Å². The molecule has 0 aromatic heterocycles. The summed E-state index contributed by atoms with van der Waals surface area (Å²) in [7, 11) is 0. The van der Waals surface area contributed by atoms with Crippen LogP contribution >= 0.6 is 0 Å². The molecule has 0 aliphatic rings. The maximum atomic E-state index is 14.0. The van der Waals surface area contributed by atoms with Gasteiger partial charge in [0.2, 0.25) is 0 Å². The van der Waals surface area contributed by atoms with Crippen molar-refractivity contribution in [1.82, 2.24) is 0 Å². The number of carbonyl (C=O) groups is 1. The zero-order valence-electron chi connectivity index (χ0n) is 16.8. The van der Waals surface area contributed by atoms with Crippen LogP contribution in [0, 0.1) is 0 Å². The Morgan fingerprint density at radius 2 is 0.675 bits per heavy atom. The number of hydrogen-bond acceptors (Lipinski definition) is 4. The van der Waals surface area contributed by atoms with Gasteiger partial charge in [0.25, 0.3) is 0 Å². The minimum Gasteiger partial charge on any atom is -0.477 e. The predicted octanol–water partition coefficient (Wildman–Crippen LogP) is 6.78. The molecular formula is C12HF23O5. The lowest BCUT2D eigenvalue weighted by Gasteiger charge is -2.42. The van der Waals surface area contributed by atoms with Crippen LogP contribution in [0.2, 0.25) is 0 Å². The average molecular weight is 662 g/mol. The Morgan fingerprint density at radius 3 is 0.900 bits per heavy atom. The molecule has 0 bridgehead atoms. The van der Waals surface area contributed by atoms with Gasteiger partial charge in [0, 0.05) is 0 Å². The molecule has 0 aliphatic heterocycles. The normalized spacial score (nSPS) is 20.0. The summed E-state index contributed by atoms with van der Waals surface area (Å²) in [5.74, 6) is -37.4. The lowest BCUT2D eigenvalue weighted by Crippen LogP contribution is -2.70. The number of aliphatic carboxylic acids is 1. The fraction of sp³-hybridized carbons (Fsp3) is 0.917. The van der Waals surface area contributed by atoms with Crippen LogP contribution in [0.15, 0.2) is 0 Å². The van der Waals surface area contributed by atoms with E-state index in [4.69, 9.17) is 5.11 Å². The molecule has 0 amide bonds. The van der Waals surface area contributed by atoms with E-state index in [0.717, 1.165) is 9.47 Å². The van der Waals surface area contributed by atoms with Crippen LogP contribution in [-0.2, 0) is 19.0 Å². The molecule has 0 aliphatic carbocycles. The molecular weight excluding hydrogens is 661 g/mol. The summed E-state index contributed by atoms with van der Waals surface area (Å²) in [4.78, 5) is 10.2. The molecule has 240 valence electrons. The Balaban J connectivity index is 7.24. The third-order valence-electron chi connectivity index (χ3n) is 3.65. The van der Waals surface area contributed by atoms with Crippen molar-refractivity contribution in [3.63, 3.8) is 0 Å². The van der Waals surface area contributed by atoms with E-state index >= 15 is 0 Å². The van der Waals surface area contributed by atoms with Gasteiger partial charge in [0.05, 0.1) is 0 Å². The molecule has 3 atom stereocenters. The summed E-state index contributed by atoms with van der Waals surface area (Å²) in [6.45, 7) is 0. The zero-order valence-corrected chi connectivity index (χ0v) is 16.8. The van der Waals surface area contributed by atoms with E-state index in [1.165, 1.54) is 4.74 Å². The molecule has 0 spiro atoms. The van der Waals surface area contributed by atoms with Gasteiger partial charge in [0.15, 0.2) is 0 Å². The maximum absolute atomic E-state index is 14.0. The van der Waals surface area contributed by atoms with E-state index in [2.05, 4.69) is 0 Å². The SMILES string of the molecule is O=C(O)[C@](F)(OC(F)(F)[C@@](F)(OC(F)(F)[C@@](F)(OC(F)(F)C(F)(F)C(F)(F)F)C(F)(F)F)C(F)(F)F)C(F)(F)F. The second-order valence-electron chi connectivity index (χ2n) is 6.51. The molecule has 0 radical (unpaired) electrons. The van der Waals surface area contributed by atoms with E-state index in [-0.39, 0.29) is 0 Å². The monoisotopic (exact) mass is 662 g/mol. The minimum absolute atomic E-state index is 0.973. The van der Waals surface area contributed by atoms with Crippen molar-refractivity contribution in [1.29, 1.82) is 0 Å². The molecule has 0 aromatic rings. The molecule has 0 rings (SSSR count). The summed E-state index contributed by atoms with van der Waals surface area (Å²) in [5.41, 5.74) is 0. The summed E-state index contributed by atoms with van der Waals surface area (Å²) in [6, 6.07) is 0. The smallest absolute Gasteiger partial charge is 0.462 e. The topological polar surface area (TPSA) is 65.0 Å². The van der Waals surface area contributed by atoms with Gasteiger partial charge in [-0.1, -0.05) is 0 Å². The van der Waals surface area contributed by atoms with Crippen molar-refractivity contribution >= 4 is 5.97 Å². The molecule has 40 heavy (non-hydrogen) atoms. The van der Waals surface area contributed by atoms with Crippen molar-refractivity contribution in [2.24, 2.45) is 0 Å². The number of ether oxygens (including phenoxy) is 3. The Labute approximate surface area is 199 Å². The second kappa shape index (κ2) is 9.65. The number of hydrogen-bond donors (Lipinski definition) is 1. The van der Waals surface area contributed by atoms with Crippen molar-refractivity contribution in [2.75, 3.05) is 0 Å². The first-order chi connectivity index (χ1) is 16.8. The van der Waals surface area contributed by atoms with Gasteiger partial charge in [0.1, 0.15) is 0 Å². The maximum Gasteiger partial charge on any atom is 0.462 e. The van der Waals surface area contributed by atoms with E-state index < -0.39 is 72.5 Å². The number of alkyl halides is 23. The van der Waals surface area contributed by atoms with Gasteiger partial charge >= 0.3 is 72.5 Å². The van der Waals surface area contributed by atoms with Crippen molar-refractivity contribution < 1.29 is 125 Å². The van der Waals surface area contributed by atoms with Gasteiger partial charge in [-0.05, 0) is 0 Å². The zero-order chi connectivity index (χ0) is 33.2. The van der Waals surface area contributed by atoms with E-state index in [1.54, 1.807) is 0 Å². The van der Waals surface area contributed by atoms with Crippen LogP contribution in [0.3, 0.4) is 0 Å². The first kappa shape index (κ1) is 37.7. The molecule has 0 saturated heterocycles. The van der Waals surface area contributed by atoms with Crippen LogP contribution in [-0.4, -0.2) is 77.6 Å². The van der Waals surface area contributed by atoms with E-state index in [0.29, 0.717) is 0 Å². The minimum atomic E-state index is -8.77. The first-order valence-electron chi connectivity index (χ1n) is 8.00. The fourth-order valence-electron chi connectivity index (χ4n) is 1.68. The highest BCUT2D eigenvalue weighted by atomic mass is 19.4. The molecule has 0 unspecified atom stereocenters. The molecule has 0 saturated carbocycles. The number of carboxylic acids is 1. The van der Waals surface area contributed by atoms with Crippen LogP contribution < -0.4 is 0 Å². The second-order valence-corrected chi connectivity index (χ2v) is 6.51. The van der Waals surface area contributed by atoms with Gasteiger partial charge in [-0.2, -0.15) is 101 Å². The predicted molar refractivity (Wildman–Crippen MR) is 66.4 cm³/mol. The van der Waals surface area contributed by atoms with E-state index in [1.807, 2.05) is 0 Å². The Morgan fingerprint density at radius 1 is 0.400 bits per heavy atom. The van der Waals surface area contributed by atoms with Crippen LogP contribution in [0.5, 0.6) is 0 Å². The fourth-order valence-corrected chi connectivity index (χ4v) is 1.68. The standard InChI is InChI=1S/C12HF23O5/c13-2(1(36)37,6(18,19)20)38-11(32,33)4(16,8(24,25)26)40-12(34,35)5(17,9(27,28)29)39-10(30,31)3(14,15)7(21,22)23/h(H,36,37)/t2-,4-,5-/m0/s1. The van der Waals surface area contributed by atoms with Crippen LogP contribution in [0.1, 0.15) is 0 Å². The largest absolute Gasteiger partial charge is 0.477 e. The Kier molecular flexibility index (Phi) is 9.10. The summed E-state index contributed by atoms with van der Waals surface area (Å²) >= 11 is 0. The van der Waals surface area contributed by atoms with Gasteiger partial charge in [-0.3, -0.25) is 14.2 Å². The van der Waals surface area contributed by atoms with E-state index in [9.17, 15) is 106 Å². The average Bonchev–Trinajstić information content (AvgIpc) is 2.62. The summed E-state index contributed by atoms with van der Waals surface area (Å²) in [5, 5.41) is 7.92. The molecule has 0 heterocycles. The molecule has 5 nitrogen and oxygen atoms in total. The third kappa shape index (κ3) is 6.01. The highest BCUT2D eigenvalue weighted by molar-refractivity contribution is 5.76. The summed E-state index contributed by atoms with van der Waals surface area (Å²) < 4.78 is 300. The molecule has 0 aromatic carbocycles. The molecule has 1 N–H and O–H groups in total. The Hall–Kier alpha value is -2.26. The quantitative estimate of drug-likeness (QED) is 0.262. The highest BCUT2D eigenvalue weighted by Crippen LogP contribution is 2.59. The van der Waals surface area contributed by atoms with Gasteiger partial charge in [-0.15, -0.1) is 0 Å². The molecule has 0 fully saturated rings. The van der Waals surface area contributed by atoms with Gasteiger partial charge in [-0.25, -0.2) is 4.79 Å². The number of rotatable bonds is 10. The summed E-state index contributed by atoms with van der Waals surface area (Å²) in [6.07, 6.45) is -57.8. The van der Waals surface area contributed by atoms with Crippen LogP contribution in [0.4, 0.5) is 101 Å². The highest BCUT2D eigenvalue weighted by Gasteiger charge is 2.88. The lowest BCUT2D eigenvalue weighted by molar-refractivity contribution is -0.578. The van der Waals surface area contributed by atoms with Crippen molar-refractivity contribution in [2.45, 2.75) is 66.5 Å². The van der Waals surface area contributed by atoms with Crippen molar-refractivity contribution in [3.8, 4) is 0 Å². The number of halogens is 23. The first-order valence-corrected chi connectivity index (χ1v) is 8.00. The molecule has 28 heteroatoms. The lowest BCUT2D eigenvalue weighted by atomic mass is 10.2. The van der Waals surface area contributed by atoms with Gasteiger partial charge < -0.3 is 5.11 Å². The Bertz CT molecular complexity index is 930.